The van der Waals surface area contributed by atoms with E-state index < -0.39 is 0 Å². The summed E-state index contributed by atoms with van der Waals surface area (Å²) in [5.74, 6) is 1.14. The van der Waals surface area contributed by atoms with Gasteiger partial charge in [-0.1, -0.05) is 19.8 Å². The Morgan fingerprint density at radius 2 is 2.33 bits per heavy atom. The van der Waals surface area contributed by atoms with Gasteiger partial charge in [-0.3, -0.25) is 10.1 Å². The van der Waals surface area contributed by atoms with Gasteiger partial charge in [0, 0.05) is 12.0 Å². The van der Waals surface area contributed by atoms with Crippen LogP contribution in [0.25, 0.3) is 0 Å². The third-order valence-corrected chi connectivity index (χ3v) is 4.25. The van der Waals surface area contributed by atoms with Crippen molar-refractivity contribution in [1.82, 2.24) is 0 Å². The number of hydrogen-bond donors (Lipinski definition) is 0. The fraction of sp³-hybridized carbons (Fsp3) is 0.636. The molecule has 3 nitrogen and oxygen atoms in total. The number of nitro groups is 1. The summed E-state index contributed by atoms with van der Waals surface area (Å²) >= 11 is 1.54. The number of thiophene rings is 1. The van der Waals surface area contributed by atoms with Gasteiger partial charge in [-0.05, 0) is 24.1 Å². The Balaban J connectivity index is 2.21. The van der Waals surface area contributed by atoms with Gasteiger partial charge in [0.2, 0.25) is 0 Å². The molecule has 82 valence electrons. The molecule has 0 saturated heterocycles. The highest BCUT2D eigenvalue weighted by atomic mass is 32.1. The normalized spacial score (nSPS) is 26.5. The fourth-order valence-electron chi connectivity index (χ4n) is 2.44. The highest BCUT2D eigenvalue weighted by Gasteiger charge is 2.27. The van der Waals surface area contributed by atoms with Crippen LogP contribution < -0.4 is 0 Å². The number of rotatable bonds is 2. The largest absolute Gasteiger partial charge is 0.283 e. The van der Waals surface area contributed by atoms with Crippen molar-refractivity contribution in [2.24, 2.45) is 5.92 Å². The standard InChI is InChI=1S/C11H15NO2S/c1-8-3-2-4-9(7-8)11-10(12(13)14)5-6-15-11/h5-6,8-9H,2-4,7H2,1H3. The van der Waals surface area contributed by atoms with Crippen molar-refractivity contribution < 1.29 is 4.92 Å². The molecule has 0 bridgehead atoms. The molecule has 0 amide bonds. The van der Waals surface area contributed by atoms with Crippen LogP contribution in [-0.4, -0.2) is 4.92 Å². The zero-order chi connectivity index (χ0) is 10.8. The lowest BCUT2D eigenvalue weighted by Gasteiger charge is -2.25. The first-order valence-corrected chi connectivity index (χ1v) is 6.28. The van der Waals surface area contributed by atoms with Gasteiger partial charge in [0.15, 0.2) is 0 Å². The summed E-state index contributed by atoms with van der Waals surface area (Å²) in [7, 11) is 0. The minimum absolute atomic E-state index is 0.245. The zero-order valence-corrected chi connectivity index (χ0v) is 9.63. The first kappa shape index (κ1) is 10.6. The lowest BCUT2D eigenvalue weighted by Crippen LogP contribution is -2.11. The Labute approximate surface area is 93.3 Å². The maximum absolute atomic E-state index is 10.8. The van der Waals surface area contributed by atoms with Crippen LogP contribution in [0.3, 0.4) is 0 Å². The van der Waals surface area contributed by atoms with Crippen molar-refractivity contribution in [1.29, 1.82) is 0 Å². The fourth-order valence-corrected chi connectivity index (χ4v) is 3.46. The van der Waals surface area contributed by atoms with E-state index in [1.54, 1.807) is 17.4 Å². The second-order valence-corrected chi connectivity index (χ2v) is 5.34. The van der Waals surface area contributed by atoms with Crippen LogP contribution >= 0.6 is 11.3 Å². The highest BCUT2D eigenvalue weighted by molar-refractivity contribution is 7.10. The van der Waals surface area contributed by atoms with E-state index in [0.29, 0.717) is 17.5 Å². The summed E-state index contributed by atoms with van der Waals surface area (Å²) in [6, 6.07) is 1.64. The maximum atomic E-state index is 10.8. The average molecular weight is 225 g/mol. The molecule has 0 aromatic carbocycles. The molecule has 2 atom stereocenters. The van der Waals surface area contributed by atoms with Crippen molar-refractivity contribution in [2.75, 3.05) is 0 Å². The monoisotopic (exact) mass is 225 g/mol. The molecule has 1 heterocycles. The summed E-state index contributed by atoms with van der Waals surface area (Å²) in [5.41, 5.74) is 0.333. The van der Waals surface area contributed by atoms with Gasteiger partial charge in [0.25, 0.3) is 5.69 Å². The molecule has 4 heteroatoms. The van der Waals surface area contributed by atoms with E-state index >= 15 is 0 Å². The van der Waals surface area contributed by atoms with Gasteiger partial charge < -0.3 is 0 Å². The van der Waals surface area contributed by atoms with Crippen LogP contribution in [-0.2, 0) is 0 Å². The lowest BCUT2D eigenvalue weighted by molar-refractivity contribution is -0.385. The van der Waals surface area contributed by atoms with Crippen LogP contribution in [0.4, 0.5) is 5.69 Å². The Morgan fingerprint density at radius 1 is 1.53 bits per heavy atom. The zero-order valence-electron chi connectivity index (χ0n) is 8.81. The Kier molecular flexibility index (Phi) is 3.05. The molecule has 2 rings (SSSR count). The topological polar surface area (TPSA) is 43.1 Å². The van der Waals surface area contributed by atoms with Crippen molar-refractivity contribution in [3.63, 3.8) is 0 Å². The van der Waals surface area contributed by atoms with E-state index in [4.69, 9.17) is 0 Å². The molecule has 1 aliphatic carbocycles. The summed E-state index contributed by atoms with van der Waals surface area (Å²) < 4.78 is 0. The number of nitrogens with zero attached hydrogens (tertiary/aromatic N) is 1. The molecule has 1 fully saturated rings. The van der Waals surface area contributed by atoms with Crippen molar-refractivity contribution >= 4 is 17.0 Å². The second kappa shape index (κ2) is 4.31. The summed E-state index contributed by atoms with van der Waals surface area (Å²) in [6.07, 6.45) is 4.71. The number of hydrogen-bond acceptors (Lipinski definition) is 3. The summed E-state index contributed by atoms with van der Waals surface area (Å²) in [4.78, 5) is 11.6. The average Bonchev–Trinajstić information content (AvgIpc) is 2.65. The van der Waals surface area contributed by atoms with Crippen LogP contribution in [0, 0.1) is 16.0 Å². The van der Waals surface area contributed by atoms with Gasteiger partial charge in [0.05, 0.1) is 9.80 Å². The summed E-state index contributed by atoms with van der Waals surface area (Å²) in [6.45, 7) is 2.24. The van der Waals surface area contributed by atoms with E-state index in [-0.39, 0.29) is 4.92 Å². The molecule has 0 radical (unpaired) electrons. The molecule has 1 aromatic heterocycles. The molecule has 0 N–H and O–H groups in total. The predicted molar refractivity (Wildman–Crippen MR) is 61.3 cm³/mol. The quantitative estimate of drug-likeness (QED) is 0.565. The first-order chi connectivity index (χ1) is 7.18. The molecular weight excluding hydrogens is 210 g/mol. The van der Waals surface area contributed by atoms with Gasteiger partial charge in [-0.15, -0.1) is 11.3 Å². The lowest BCUT2D eigenvalue weighted by atomic mass is 9.81. The maximum Gasteiger partial charge on any atom is 0.283 e. The summed E-state index contributed by atoms with van der Waals surface area (Å²) in [5, 5.41) is 12.7. The third kappa shape index (κ3) is 2.20. The van der Waals surface area contributed by atoms with Crippen LogP contribution in [0.1, 0.15) is 43.4 Å². The Bertz CT molecular complexity index is 361. The third-order valence-electron chi connectivity index (χ3n) is 3.18. The minimum atomic E-state index is -0.245. The highest BCUT2D eigenvalue weighted by Crippen LogP contribution is 2.42. The smallest absolute Gasteiger partial charge is 0.258 e. The Morgan fingerprint density at radius 3 is 3.00 bits per heavy atom. The van der Waals surface area contributed by atoms with Crippen molar-refractivity contribution in [2.45, 2.75) is 38.5 Å². The van der Waals surface area contributed by atoms with E-state index in [1.165, 1.54) is 12.8 Å². The molecule has 1 saturated carbocycles. The SMILES string of the molecule is CC1CCCC(c2sccc2[N+](=O)[O-])C1. The molecule has 1 aromatic rings. The second-order valence-electron chi connectivity index (χ2n) is 4.40. The predicted octanol–water partition coefficient (Wildman–Crippen LogP) is 3.95. The van der Waals surface area contributed by atoms with Crippen molar-refractivity contribution in [3.8, 4) is 0 Å². The van der Waals surface area contributed by atoms with Crippen LogP contribution in [0.5, 0.6) is 0 Å². The van der Waals surface area contributed by atoms with Crippen LogP contribution in [0.15, 0.2) is 11.4 Å². The van der Waals surface area contributed by atoms with Gasteiger partial charge in [0.1, 0.15) is 0 Å². The molecular formula is C11H15NO2S. The van der Waals surface area contributed by atoms with Crippen molar-refractivity contribution in [3.05, 3.63) is 26.4 Å². The molecule has 0 aliphatic heterocycles. The molecule has 15 heavy (non-hydrogen) atoms. The van der Waals surface area contributed by atoms with E-state index in [0.717, 1.165) is 17.7 Å². The molecule has 0 spiro atoms. The molecule has 1 aliphatic rings. The Hall–Kier alpha value is -0.900. The van der Waals surface area contributed by atoms with Gasteiger partial charge in [-0.2, -0.15) is 0 Å². The van der Waals surface area contributed by atoms with E-state index in [9.17, 15) is 10.1 Å². The first-order valence-electron chi connectivity index (χ1n) is 5.40. The van der Waals surface area contributed by atoms with Gasteiger partial charge in [-0.25, -0.2) is 0 Å². The molecule has 2 unspecified atom stereocenters. The van der Waals surface area contributed by atoms with E-state index in [1.807, 2.05) is 5.38 Å². The van der Waals surface area contributed by atoms with Crippen LogP contribution in [0.2, 0.25) is 0 Å². The van der Waals surface area contributed by atoms with E-state index in [2.05, 4.69) is 6.92 Å². The van der Waals surface area contributed by atoms with Gasteiger partial charge >= 0.3 is 0 Å². The minimum Gasteiger partial charge on any atom is -0.258 e.